The van der Waals surface area contributed by atoms with Crippen LogP contribution in [0.4, 0.5) is 24.5 Å². The van der Waals surface area contributed by atoms with Gasteiger partial charge in [-0.2, -0.15) is 13.2 Å². The molecule has 1 rings (SSSR count). The lowest BCUT2D eigenvalue weighted by atomic mass is 10.1. The lowest BCUT2D eigenvalue weighted by molar-refractivity contribution is -0.136. The molecule has 0 aromatic heterocycles. The SMILES string of the molecule is CS(=O)(=O)NCCCNc1ccc(N)cc1C(F)(F)F. The Hall–Kier alpha value is -1.48. The Morgan fingerprint density at radius 2 is 1.90 bits per heavy atom. The number of alkyl halides is 3. The second kappa shape index (κ2) is 6.31. The van der Waals surface area contributed by atoms with Gasteiger partial charge in [-0.3, -0.25) is 0 Å². The van der Waals surface area contributed by atoms with E-state index in [4.69, 9.17) is 5.73 Å². The van der Waals surface area contributed by atoms with Crippen LogP contribution in [0.25, 0.3) is 0 Å². The van der Waals surface area contributed by atoms with Crippen molar-refractivity contribution in [2.45, 2.75) is 12.6 Å². The summed E-state index contributed by atoms with van der Waals surface area (Å²) in [6.45, 7) is 0.359. The molecule has 0 aliphatic rings. The lowest BCUT2D eigenvalue weighted by Gasteiger charge is -2.15. The minimum absolute atomic E-state index is 0.0293. The van der Waals surface area contributed by atoms with E-state index in [1.165, 1.54) is 12.1 Å². The maximum atomic E-state index is 12.8. The molecule has 0 radical (unpaired) electrons. The van der Waals surface area contributed by atoms with Crippen LogP contribution in [0.5, 0.6) is 0 Å². The van der Waals surface area contributed by atoms with Crippen molar-refractivity contribution in [1.29, 1.82) is 0 Å². The monoisotopic (exact) mass is 311 g/mol. The summed E-state index contributed by atoms with van der Waals surface area (Å²) in [5.41, 5.74) is 4.46. The summed E-state index contributed by atoms with van der Waals surface area (Å²) in [5.74, 6) is 0. The molecular formula is C11H16F3N3O2S. The van der Waals surface area contributed by atoms with E-state index in [2.05, 4.69) is 10.0 Å². The average molecular weight is 311 g/mol. The first-order valence-corrected chi connectivity index (χ1v) is 7.64. The molecule has 5 nitrogen and oxygen atoms in total. The molecule has 0 aliphatic carbocycles. The number of halogens is 3. The standard InChI is InChI=1S/C11H16F3N3O2S/c1-20(18,19)17-6-2-5-16-10-4-3-8(15)7-9(10)11(12,13)14/h3-4,7,16-17H,2,5-6,15H2,1H3. The molecule has 114 valence electrons. The molecule has 0 amide bonds. The van der Waals surface area contributed by atoms with Crippen LogP contribution in [0.3, 0.4) is 0 Å². The van der Waals surface area contributed by atoms with Crippen molar-refractivity contribution in [1.82, 2.24) is 4.72 Å². The minimum Gasteiger partial charge on any atom is -0.399 e. The van der Waals surface area contributed by atoms with Gasteiger partial charge in [-0.15, -0.1) is 0 Å². The number of nitrogens with one attached hydrogen (secondary N) is 2. The summed E-state index contributed by atoms with van der Waals surface area (Å²) >= 11 is 0. The van der Waals surface area contributed by atoms with Gasteiger partial charge in [0.15, 0.2) is 0 Å². The highest BCUT2D eigenvalue weighted by Crippen LogP contribution is 2.35. The van der Waals surface area contributed by atoms with Gasteiger partial charge in [0.05, 0.1) is 11.8 Å². The van der Waals surface area contributed by atoms with Gasteiger partial charge in [-0.05, 0) is 24.6 Å². The summed E-state index contributed by atoms with van der Waals surface area (Å²) in [7, 11) is -3.28. The van der Waals surface area contributed by atoms with Crippen molar-refractivity contribution in [2.75, 3.05) is 30.4 Å². The molecular weight excluding hydrogens is 295 g/mol. The smallest absolute Gasteiger partial charge is 0.399 e. The Kier molecular flexibility index (Phi) is 5.23. The van der Waals surface area contributed by atoms with Crippen LogP contribution < -0.4 is 15.8 Å². The van der Waals surface area contributed by atoms with Crippen molar-refractivity contribution < 1.29 is 21.6 Å². The zero-order chi connectivity index (χ0) is 15.4. The Labute approximate surface area is 115 Å². The topological polar surface area (TPSA) is 84.2 Å². The van der Waals surface area contributed by atoms with Crippen LogP contribution >= 0.6 is 0 Å². The van der Waals surface area contributed by atoms with Gasteiger partial charge in [0.25, 0.3) is 0 Å². The molecule has 0 saturated heterocycles. The molecule has 0 unspecified atom stereocenters. The number of sulfonamides is 1. The van der Waals surface area contributed by atoms with E-state index in [1.807, 2.05) is 0 Å². The van der Waals surface area contributed by atoms with Crippen molar-refractivity contribution in [3.63, 3.8) is 0 Å². The fraction of sp³-hybridized carbons (Fsp3) is 0.455. The Morgan fingerprint density at radius 1 is 1.25 bits per heavy atom. The van der Waals surface area contributed by atoms with E-state index in [0.717, 1.165) is 12.3 Å². The van der Waals surface area contributed by atoms with Gasteiger partial charge in [-0.25, -0.2) is 13.1 Å². The molecule has 1 aromatic rings. The summed E-state index contributed by atoms with van der Waals surface area (Å²) in [4.78, 5) is 0. The molecule has 20 heavy (non-hydrogen) atoms. The second-order valence-corrected chi connectivity index (χ2v) is 6.08. The van der Waals surface area contributed by atoms with E-state index in [9.17, 15) is 21.6 Å². The quantitative estimate of drug-likeness (QED) is 0.551. The van der Waals surface area contributed by atoms with Crippen molar-refractivity contribution in [3.8, 4) is 0 Å². The number of hydrogen-bond donors (Lipinski definition) is 3. The van der Waals surface area contributed by atoms with Crippen molar-refractivity contribution in [2.24, 2.45) is 0 Å². The second-order valence-electron chi connectivity index (χ2n) is 4.25. The van der Waals surface area contributed by atoms with E-state index in [1.54, 1.807) is 0 Å². The zero-order valence-corrected chi connectivity index (χ0v) is 11.6. The molecule has 4 N–H and O–H groups in total. The summed E-state index contributed by atoms with van der Waals surface area (Å²) in [5, 5.41) is 2.62. The number of rotatable bonds is 6. The number of benzene rings is 1. The molecule has 1 aromatic carbocycles. The summed E-state index contributed by atoms with van der Waals surface area (Å²) in [6, 6.07) is 3.48. The number of hydrogen-bond acceptors (Lipinski definition) is 4. The predicted octanol–water partition coefficient (Wildman–Crippen LogP) is 1.64. The largest absolute Gasteiger partial charge is 0.418 e. The molecule has 0 heterocycles. The first-order chi connectivity index (χ1) is 9.09. The maximum Gasteiger partial charge on any atom is 0.418 e. The van der Waals surface area contributed by atoms with Crippen LogP contribution in [0.2, 0.25) is 0 Å². The molecule has 0 atom stereocenters. The number of nitrogens with two attached hydrogens (primary N) is 1. The van der Waals surface area contributed by atoms with Crippen LogP contribution in [0.15, 0.2) is 18.2 Å². The van der Waals surface area contributed by atoms with Gasteiger partial charge >= 0.3 is 6.18 Å². The van der Waals surface area contributed by atoms with Crippen molar-refractivity contribution >= 4 is 21.4 Å². The molecule has 9 heteroatoms. The zero-order valence-electron chi connectivity index (χ0n) is 10.8. The lowest BCUT2D eigenvalue weighted by Crippen LogP contribution is -2.24. The fourth-order valence-electron chi connectivity index (χ4n) is 1.52. The Bertz CT molecular complexity index is 559. The van der Waals surface area contributed by atoms with Crippen LogP contribution in [0, 0.1) is 0 Å². The van der Waals surface area contributed by atoms with Gasteiger partial charge < -0.3 is 11.1 Å². The highest BCUT2D eigenvalue weighted by Gasteiger charge is 2.33. The summed E-state index contributed by atoms with van der Waals surface area (Å²) < 4.78 is 62.2. The Balaban J connectivity index is 2.60. The third-order valence-electron chi connectivity index (χ3n) is 2.38. The van der Waals surface area contributed by atoms with Crippen LogP contribution in [0.1, 0.15) is 12.0 Å². The molecule has 0 spiro atoms. The minimum atomic E-state index is -4.50. The summed E-state index contributed by atoms with van der Waals surface area (Å²) in [6.07, 6.45) is -3.13. The van der Waals surface area contributed by atoms with E-state index in [-0.39, 0.29) is 24.5 Å². The number of nitrogen functional groups attached to an aromatic ring is 1. The third kappa shape index (κ3) is 5.66. The highest BCUT2D eigenvalue weighted by atomic mass is 32.2. The van der Waals surface area contributed by atoms with Gasteiger partial charge in [0.2, 0.25) is 10.0 Å². The van der Waals surface area contributed by atoms with Gasteiger partial charge in [0.1, 0.15) is 0 Å². The molecule has 0 aliphatic heterocycles. The maximum absolute atomic E-state index is 12.8. The van der Waals surface area contributed by atoms with E-state index in [0.29, 0.717) is 6.42 Å². The van der Waals surface area contributed by atoms with E-state index < -0.39 is 21.8 Å². The van der Waals surface area contributed by atoms with E-state index >= 15 is 0 Å². The molecule has 0 bridgehead atoms. The Morgan fingerprint density at radius 3 is 2.45 bits per heavy atom. The predicted molar refractivity (Wildman–Crippen MR) is 71.8 cm³/mol. The normalized spacial score (nSPS) is 12.4. The van der Waals surface area contributed by atoms with Crippen molar-refractivity contribution in [3.05, 3.63) is 23.8 Å². The number of anilines is 2. The first-order valence-electron chi connectivity index (χ1n) is 5.75. The van der Waals surface area contributed by atoms with Crippen LogP contribution in [-0.4, -0.2) is 27.8 Å². The van der Waals surface area contributed by atoms with Crippen LogP contribution in [-0.2, 0) is 16.2 Å². The highest BCUT2D eigenvalue weighted by molar-refractivity contribution is 7.88. The molecule has 0 fully saturated rings. The molecule has 0 saturated carbocycles. The van der Waals surface area contributed by atoms with Gasteiger partial charge in [-0.1, -0.05) is 0 Å². The third-order valence-corrected chi connectivity index (χ3v) is 3.11. The first kappa shape index (κ1) is 16.6. The van der Waals surface area contributed by atoms with Gasteiger partial charge in [0, 0.05) is 24.5 Å². The fourth-order valence-corrected chi connectivity index (χ4v) is 2.03. The average Bonchev–Trinajstić information content (AvgIpc) is 2.27.